The van der Waals surface area contributed by atoms with Crippen LogP contribution in [0.3, 0.4) is 0 Å². The molecule has 0 heterocycles. The van der Waals surface area contributed by atoms with Crippen molar-refractivity contribution in [3.63, 3.8) is 0 Å². The first-order valence-electron chi connectivity index (χ1n) is 10.1. The first-order valence-corrected chi connectivity index (χ1v) is 10.1. The zero-order valence-corrected chi connectivity index (χ0v) is 16.2. The molecule has 0 N–H and O–H groups in total. The van der Waals surface area contributed by atoms with Crippen LogP contribution in [-0.4, -0.2) is 13.7 Å². The second kappa shape index (κ2) is 9.96. The van der Waals surface area contributed by atoms with Crippen LogP contribution < -0.4 is 9.47 Å². The van der Waals surface area contributed by atoms with E-state index in [0.717, 1.165) is 43.3 Å². The average Bonchev–Trinajstić information content (AvgIpc) is 2.61. The summed E-state index contributed by atoms with van der Waals surface area (Å²) >= 11 is 0. The lowest BCUT2D eigenvalue weighted by molar-refractivity contribution is 0.289. The van der Waals surface area contributed by atoms with Crippen LogP contribution in [0.25, 0.3) is 0 Å². The Balaban J connectivity index is 2.21. The monoisotopic (exact) mass is 332 g/mol. The van der Waals surface area contributed by atoms with Gasteiger partial charge < -0.3 is 9.47 Å². The molecule has 2 rings (SSSR count). The molecule has 0 radical (unpaired) electrons. The molecule has 1 fully saturated rings. The Morgan fingerprint density at radius 2 is 1.71 bits per heavy atom. The molecule has 0 aromatic heterocycles. The fourth-order valence-electron chi connectivity index (χ4n) is 4.12. The van der Waals surface area contributed by atoms with E-state index in [1.807, 2.05) is 0 Å². The lowest BCUT2D eigenvalue weighted by Gasteiger charge is -2.29. The Morgan fingerprint density at radius 1 is 0.958 bits per heavy atom. The summed E-state index contributed by atoms with van der Waals surface area (Å²) in [4.78, 5) is 0. The van der Waals surface area contributed by atoms with Crippen LogP contribution in [-0.2, 0) is 6.42 Å². The molecule has 1 aliphatic rings. The Morgan fingerprint density at radius 3 is 2.29 bits per heavy atom. The van der Waals surface area contributed by atoms with Crippen LogP contribution in [0.4, 0.5) is 0 Å². The van der Waals surface area contributed by atoms with E-state index in [4.69, 9.17) is 9.47 Å². The van der Waals surface area contributed by atoms with Gasteiger partial charge >= 0.3 is 0 Å². The fourth-order valence-corrected chi connectivity index (χ4v) is 4.12. The number of aryl methyl sites for hydroxylation is 1. The maximum absolute atomic E-state index is 6.03. The maximum Gasteiger partial charge on any atom is 0.163 e. The molecule has 1 aliphatic carbocycles. The summed E-state index contributed by atoms with van der Waals surface area (Å²) in [6.07, 6.45) is 11.4. The molecule has 1 saturated carbocycles. The topological polar surface area (TPSA) is 18.5 Å². The van der Waals surface area contributed by atoms with Gasteiger partial charge in [0.15, 0.2) is 11.5 Å². The lowest BCUT2D eigenvalue weighted by Crippen LogP contribution is -2.14. The van der Waals surface area contributed by atoms with Gasteiger partial charge in [0, 0.05) is 0 Å². The van der Waals surface area contributed by atoms with Crippen molar-refractivity contribution >= 4 is 0 Å². The van der Waals surface area contributed by atoms with E-state index in [9.17, 15) is 0 Å². The van der Waals surface area contributed by atoms with E-state index in [-0.39, 0.29) is 0 Å². The Bertz CT molecular complexity index is 487. The first kappa shape index (κ1) is 19.1. The van der Waals surface area contributed by atoms with Gasteiger partial charge in [-0.25, -0.2) is 0 Å². The van der Waals surface area contributed by atoms with Gasteiger partial charge in [-0.3, -0.25) is 0 Å². The molecule has 0 saturated heterocycles. The van der Waals surface area contributed by atoms with Crippen molar-refractivity contribution in [3.05, 3.63) is 23.3 Å². The van der Waals surface area contributed by atoms with E-state index in [1.54, 1.807) is 7.11 Å². The minimum Gasteiger partial charge on any atom is -0.493 e. The molecule has 0 spiro atoms. The number of ether oxygens (including phenoxy) is 2. The number of methoxy groups -OCH3 is 1. The molecular formula is C22H36O2. The highest BCUT2D eigenvalue weighted by atomic mass is 16.5. The Hall–Kier alpha value is -1.18. The van der Waals surface area contributed by atoms with Gasteiger partial charge in [0.2, 0.25) is 0 Å². The van der Waals surface area contributed by atoms with Crippen molar-refractivity contribution in [1.82, 2.24) is 0 Å². The summed E-state index contributed by atoms with van der Waals surface area (Å²) in [6, 6.07) is 4.66. The van der Waals surface area contributed by atoms with Crippen molar-refractivity contribution in [2.24, 2.45) is 5.92 Å². The molecule has 0 unspecified atom stereocenters. The second-order valence-electron chi connectivity index (χ2n) is 7.32. The van der Waals surface area contributed by atoms with Crippen molar-refractivity contribution in [2.45, 2.75) is 84.5 Å². The van der Waals surface area contributed by atoms with E-state index in [2.05, 4.69) is 32.9 Å². The third-order valence-corrected chi connectivity index (χ3v) is 5.35. The van der Waals surface area contributed by atoms with Crippen molar-refractivity contribution in [1.29, 1.82) is 0 Å². The van der Waals surface area contributed by atoms with Crippen LogP contribution in [0.15, 0.2) is 12.1 Å². The highest BCUT2D eigenvalue weighted by molar-refractivity contribution is 5.50. The Labute approximate surface area is 148 Å². The highest BCUT2D eigenvalue weighted by Gasteiger charge is 2.24. The molecule has 0 amide bonds. The summed E-state index contributed by atoms with van der Waals surface area (Å²) in [5.74, 6) is 3.56. The fraction of sp³-hybridized carbons (Fsp3) is 0.727. The average molecular weight is 333 g/mol. The van der Waals surface area contributed by atoms with Gasteiger partial charge in [0.25, 0.3) is 0 Å². The van der Waals surface area contributed by atoms with Crippen molar-refractivity contribution in [3.8, 4) is 11.5 Å². The van der Waals surface area contributed by atoms with E-state index in [0.29, 0.717) is 5.92 Å². The van der Waals surface area contributed by atoms with Gasteiger partial charge in [-0.05, 0) is 67.6 Å². The van der Waals surface area contributed by atoms with Gasteiger partial charge in [-0.1, -0.05) is 46.1 Å². The van der Waals surface area contributed by atoms with Crippen LogP contribution in [0.2, 0.25) is 0 Å². The van der Waals surface area contributed by atoms with Gasteiger partial charge in [-0.2, -0.15) is 0 Å². The summed E-state index contributed by atoms with van der Waals surface area (Å²) in [5.41, 5.74) is 2.79. The molecular weight excluding hydrogens is 296 g/mol. The number of rotatable bonds is 9. The van der Waals surface area contributed by atoms with Gasteiger partial charge in [0.05, 0.1) is 13.7 Å². The number of benzene rings is 1. The molecule has 136 valence electrons. The molecule has 2 nitrogen and oxygen atoms in total. The van der Waals surface area contributed by atoms with E-state index in [1.165, 1.54) is 49.7 Å². The van der Waals surface area contributed by atoms with Gasteiger partial charge in [-0.15, -0.1) is 0 Å². The molecule has 2 heteroatoms. The second-order valence-corrected chi connectivity index (χ2v) is 7.32. The largest absolute Gasteiger partial charge is 0.493 e. The quantitative estimate of drug-likeness (QED) is 0.513. The number of hydrogen-bond donors (Lipinski definition) is 0. The smallest absolute Gasteiger partial charge is 0.163 e. The lowest BCUT2D eigenvalue weighted by atomic mass is 9.77. The molecule has 0 bridgehead atoms. The van der Waals surface area contributed by atoms with E-state index >= 15 is 0 Å². The first-order chi connectivity index (χ1) is 11.7. The third kappa shape index (κ3) is 4.91. The SMILES string of the molecule is CCCOc1cc(C2CCC(CCC)CC2)cc(CCC)c1OC. The summed E-state index contributed by atoms with van der Waals surface area (Å²) in [5, 5.41) is 0. The molecule has 24 heavy (non-hydrogen) atoms. The minimum atomic E-state index is 0.698. The highest BCUT2D eigenvalue weighted by Crippen LogP contribution is 2.42. The van der Waals surface area contributed by atoms with Crippen LogP contribution >= 0.6 is 0 Å². The molecule has 1 aromatic rings. The summed E-state index contributed by atoms with van der Waals surface area (Å²) < 4.78 is 11.7. The van der Waals surface area contributed by atoms with Crippen LogP contribution in [0.5, 0.6) is 11.5 Å². The predicted molar refractivity (Wildman–Crippen MR) is 102 cm³/mol. The number of hydrogen-bond acceptors (Lipinski definition) is 2. The zero-order chi connectivity index (χ0) is 17.4. The van der Waals surface area contributed by atoms with Crippen LogP contribution in [0.1, 0.15) is 89.2 Å². The normalized spacial score (nSPS) is 20.8. The standard InChI is InChI=1S/C22H36O2/c1-5-8-17-10-12-18(13-11-17)20-15-19(9-6-2)22(23-4)21(16-20)24-14-7-3/h15-18H,5-14H2,1-4H3. The Kier molecular flexibility index (Phi) is 7.94. The van der Waals surface area contributed by atoms with Crippen LogP contribution in [0, 0.1) is 5.92 Å². The molecule has 0 aliphatic heterocycles. The van der Waals surface area contributed by atoms with Crippen molar-refractivity contribution in [2.75, 3.05) is 13.7 Å². The minimum absolute atomic E-state index is 0.698. The van der Waals surface area contributed by atoms with Gasteiger partial charge in [0.1, 0.15) is 0 Å². The third-order valence-electron chi connectivity index (χ3n) is 5.35. The molecule has 1 aromatic carbocycles. The summed E-state index contributed by atoms with van der Waals surface area (Å²) in [7, 11) is 1.77. The van der Waals surface area contributed by atoms with Crippen molar-refractivity contribution < 1.29 is 9.47 Å². The zero-order valence-electron chi connectivity index (χ0n) is 16.2. The maximum atomic E-state index is 6.03. The van der Waals surface area contributed by atoms with E-state index < -0.39 is 0 Å². The molecule has 0 atom stereocenters. The summed E-state index contributed by atoms with van der Waals surface area (Å²) in [6.45, 7) is 7.45. The predicted octanol–water partition coefficient (Wildman–Crippen LogP) is 6.51.